The first-order valence-corrected chi connectivity index (χ1v) is 8.34. The molecule has 0 atom stereocenters. The molecule has 1 N–H and O–H groups in total. The maximum absolute atomic E-state index is 13.6. The summed E-state index contributed by atoms with van der Waals surface area (Å²) >= 11 is 3.37. The Kier molecular flexibility index (Phi) is 3.77. The lowest BCUT2D eigenvalue weighted by molar-refractivity contribution is 0.608. The van der Waals surface area contributed by atoms with Crippen LogP contribution in [0.25, 0.3) is 11.0 Å². The van der Waals surface area contributed by atoms with Crippen LogP contribution in [0.5, 0.6) is 0 Å². The second-order valence-corrected chi connectivity index (χ2v) is 6.60. The molecule has 0 saturated carbocycles. The highest BCUT2D eigenvalue weighted by Crippen LogP contribution is 2.32. The number of anilines is 1. The number of aromatic nitrogens is 3. The van der Waals surface area contributed by atoms with Gasteiger partial charge in [-0.05, 0) is 42.7 Å². The lowest BCUT2D eigenvalue weighted by Crippen LogP contribution is -2.34. The molecule has 4 rings (SSSR count). The Hall–Kier alpha value is -1.95. The average Bonchev–Trinajstić information content (AvgIpc) is 3.02. The van der Waals surface area contributed by atoms with E-state index in [1.807, 2.05) is 18.3 Å². The maximum atomic E-state index is 13.6. The van der Waals surface area contributed by atoms with E-state index in [2.05, 4.69) is 35.8 Å². The lowest BCUT2D eigenvalue weighted by Gasteiger charge is -2.33. The van der Waals surface area contributed by atoms with Crippen LogP contribution < -0.4 is 4.90 Å². The highest BCUT2D eigenvalue weighted by atomic mass is 79.9. The monoisotopic (exact) mass is 373 g/mol. The molecule has 23 heavy (non-hydrogen) atoms. The van der Waals surface area contributed by atoms with Gasteiger partial charge in [-0.15, -0.1) is 0 Å². The summed E-state index contributed by atoms with van der Waals surface area (Å²) in [5, 5.41) is 1.05. The molecule has 117 valence electrons. The molecule has 0 spiro atoms. The topological polar surface area (TPSA) is 44.8 Å². The minimum atomic E-state index is -0.200. The fourth-order valence-electron chi connectivity index (χ4n) is 3.15. The molecule has 1 radical (unpaired) electrons. The minimum absolute atomic E-state index is 0.200. The molecule has 2 aromatic heterocycles. The van der Waals surface area contributed by atoms with Crippen molar-refractivity contribution in [2.24, 2.45) is 0 Å². The molecule has 1 aliphatic rings. The third-order valence-electron chi connectivity index (χ3n) is 4.27. The number of fused-ring (bicyclic) bond motifs is 1. The third kappa shape index (κ3) is 2.83. The van der Waals surface area contributed by atoms with Crippen molar-refractivity contribution in [1.82, 2.24) is 15.0 Å². The number of nitrogens with zero attached hydrogens (tertiary/aromatic N) is 3. The van der Waals surface area contributed by atoms with Gasteiger partial charge in [0.2, 0.25) is 0 Å². The van der Waals surface area contributed by atoms with Gasteiger partial charge in [-0.1, -0.05) is 15.9 Å². The summed E-state index contributed by atoms with van der Waals surface area (Å²) in [4.78, 5) is 14.1. The third-order valence-corrected chi connectivity index (χ3v) is 4.73. The van der Waals surface area contributed by atoms with E-state index < -0.39 is 0 Å². The number of H-pyrrole nitrogens is 1. The van der Waals surface area contributed by atoms with Crippen molar-refractivity contribution >= 4 is 32.8 Å². The van der Waals surface area contributed by atoms with Crippen LogP contribution in [0.3, 0.4) is 0 Å². The van der Waals surface area contributed by atoms with E-state index in [4.69, 9.17) is 0 Å². The second-order valence-electron chi connectivity index (χ2n) is 5.69. The van der Waals surface area contributed by atoms with Crippen LogP contribution in [0.2, 0.25) is 0 Å². The van der Waals surface area contributed by atoms with Crippen molar-refractivity contribution in [3.63, 3.8) is 0 Å². The van der Waals surface area contributed by atoms with Crippen molar-refractivity contribution in [2.75, 3.05) is 18.0 Å². The van der Waals surface area contributed by atoms with Crippen LogP contribution in [0.4, 0.5) is 10.2 Å². The Morgan fingerprint density at radius 2 is 1.96 bits per heavy atom. The summed E-state index contributed by atoms with van der Waals surface area (Å²) in [5.74, 6) is 2.06. The largest absolute Gasteiger partial charge is 0.356 e. The first-order chi connectivity index (χ1) is 11.2. The van der Waals surface area contributed by atoms with Gasteiger partial charge in [0.1, 0.15) is 23.6 Å². The molecule has 3 aromatic rings. The van der Waals surface area contributed by atoms with Crippen LogP contribution in [0, 0.1) is 11.7 Å². The van der Waals surface area contributed by atoms with Crippen molar-refractivity contribution in [3.8, 4) is 0 Å². The van der Waals surface area contributed by atoms with Gasteiger partial charge >= 0.3 is 0 Å². The summed E-state index contributed by atoms with van der Waals surface area (Å²) in [7, 11) is 0. The van der Waals surface area contributed by atoms with Gasteiger partial charge in [-0.3, -0.25) is 0 Å². The lowest BCUT2D eigenvalue weighted by atomic mass is 9.89. The maximum Gasteiger partial charge on any atom is 0.142 e. The molecule has 1 saturated heterocycles. The smallest absolute Gasteiger partial charge is 0.142 e. The molecule has 6 heteroatoms. The van der Waals surface area contributed by atoms with Crippen molar-refractivity contribution in [1.29, 1.82) is 0 Å². The van der Waals surface area contributed by atoms with Crippen molar-refractivity contribution in [3.05, 3.63) is 58.6 Å². The van der Waals surface area contributed by atoms with Crippen LogP contribution >= 0.6 is 15.9 Å². The van der Waals surface area contributed by atoms with E-state index in [9.17, 15) is 4.39 Å². The molecular formula is C17H15BrFN4. The highest BCUT2D eigenvalue weighted by Gasteiger charge is 2.24. The number of piperidine rings is 1. The first kappa shape index (κ1) is 14.6. The van der Waals surface area contributed by atoms with E-state index in [1.165, 1.54) is 12.0 Å². The quantitative estimate of drug-likeness (QED) is 0.735. The predicted octanol–water partition coefficient (Wildman–Crippen LogP) is 4.08. The summed E-state index contributed by atoms with van der Waals surface area (Å²) in [6, 6.07) is 7.10. The highest BCUT2D eigenvalue weighted by molar-refractivity contribution is 9.10. The number of hydrogen-bond donors (Lipinski definition) is 1. The van der Waals surface area contributed by atoms with E-state index >= 15 is 0 Å². The summed E-state index contributed by atoms with van der Waals surface area (Å²) in [6.45, 7) is 1.75. The van der Waals surface area contributed by atoms with Gasteiger partial charge in [0.15, 0.2) is 0 Å². The molecule has 1 aromatic carbocycles. The summed E-state index contributed by atoms with van der Waals surface area (Å²) in [5.41, 5.74) is 1.85. The molecule has 3 heterocycles. The van der Waals surface area contributed by atoms with Gasteiger partial charge < -0.3 is 9.88 Å². The number of rotatable bonds is 2. The Labute approximate surface area is 141 Å². The van der Waals surface area contributed by atoms with Crippen LogP contribution in [0.1, 0.15) is 18.4 Å². The summed E-state index contributed by atoms with van der Waals surface area (Å²) in [6.07, 6.45) is 5.29. The average molecular weight is 374 g/mol. The zero-order valence-electron chi connectivity index (χ0n) is 12.4. The minimum Gasteiger partial charge on any atom is -0.356 e. The normalized spacial score (nSPS) is 16.2. The van der Waals surface area contributed by atoms with Crippen LogP contribution in [-0.4, -0.2) is 28.0 Å². The Morgan fingerprint density at radius 3 is 2.74 bits per heavy atom. The number of halogens is 2. The van der Waals surface area contributed by atoms with E-state index in [-0.39, 0.29) is 5.82 Å². The molecule has 0 amide bonds. The second kappa shape index (κ2) is 5.92. The fourth-order valence-corrected chi connectivity index (χ4v) is 3.61. The van der Waals surface area contributed by atoms with Gasteiger partial charge in [-0.2, -0.15) is 0 Å². The van der Waals surface area contributed by atoms with Crippen LogP contribution in [0.15, 0.2) is 41.3 Å². The van der Waals surface area contributed by atoms with Gasteiger partial charge in [0, 0.05) is 29.7 Å². The van der Waals surface area contributed by atoms with E-state index in [0.29, 0.717) is 0 Å². The summed E-state index contributed by atoms with van der Waals surface area (Å²) < 4.78 is 14.4. The molecule has 1 aliphatic heterocycles. The van der Waals surface area contributed by atoms with Gasteiger partial charge in [0.25, 0.3) is 0 Å². The Balaban J connectivity index is 1.54. The van der Waals surface area contributed by atoms with Crippen molar-refractivity contribution in [2.45, 2.75) is 12.8 Å². The zero-order valence-corrected chi connectivity index (χ0v) is 14.0. The molecule has 0 bridgehead atoms. The zero-order chi connectivity index (χ0) is 15.8. The molecule has 4 nitrogen and oxygen atoms in total. The van der Waals surface area contributed by atoms with E-state index in [0.717, 1.165) is 52.8 Å². The molecule has 0 unspecified atom stereocenters. The fraction of sp³-hybridized carbons (Fsp3) is 0.235. The SMILES string of the molecule is Fc1cc(Br)cc([C]2CCN(c3ncnc4[nH]ccc34)CC2)c1. The van der Waals surface area contributed by atoms with Crippen LogP contribution in [-0.2, 0) is 0 Å². The number of nitrogens with one attached hydrogen (secondary N) is 1. The predicted molar refractivity (Wildman–Crippen MR) is 91.8 cm³/mol. The first-order valence-electron chi connectivity index (χ1n) is 7.55. The van der Waals surface area contributed by atoms with Crippen molar-refractivity contribution < 1.29 is 4.39 Å². The number of hydrogen-bond acceptors (Lipinski definition) is 3. The van der Waals surface area contributed by atoms with Gasteiger partial charge in [0.05, 0.1) is 5.39 Å². The van der Waals surface area contributed by atoms with Gasteiger partial charge in [-0.25, -0.2) is 14.4 Å². The molecule has 0 aliphatic carbocycles. The van der Waals surface area contributed by atoms with E-state index in [1.54, 1.807) is 12.4 Å². The number of benzene rings is 1. The molecular weight excluding hydrogens is 359 g/mol. The molecule has 1 fully saturated rings. The Bertz CT molecular complexity index is 819. The number of aromatic amines is 1. The Morgan fingerprint density at radius 1 is 1.13 bits per heavy atom. The standard InChI is InChI=1S/C17H15BrFN4/c18-13-7-12(8-14(19)9-13)11-2-5-23(6-3-11)17-15-1-4-20-16(15)21-10-22-17/h1,4,7-10H,2-3,5-6H2,(H,20,21,22).